The fourth-order valence-corrected chi connectivity index (χ4v) is 9.46. The SMILES string of the molecule is C#Cc1cnn(C[C@@](C)(O)[C@H]2CCC[C@H]3[C@@H]4CC[C@@H]5C[C@@](O)(CC)CC[C@@H]5[C@H]4CC[C@@]32C)c1. The highest BCUT2D eigenvalue weighted by Crippen LogP contribution is 2.64. The van der Waals surface area contributed by atoms with Crippen molar-refractivity contribution < 1.29 is 10.2 Å². The zero-order valence-electron chi connectivity index (χ0n) is 21.0. The highest BCUT2D eigenvalue weighted by Gasteiger charge is 2.59. The van der Waals surface area contributed by atoms with Crippen molar-refractivity contribution in [2.75, 3.05) is 0 Å². The van der Waals surface area contributed by atoms with Gasteiger partial charge < -0.3 is 10.2 Å². The summed E-state index contributed by atoms with van der Waals surface area (Å²) in [5, 5.41) is 27.2. The maximum atomic E-state index is 11.8. The first-order valence-electron chi connectivity index (χ1n) is 13.6. The lowest BCUT2D eigenvalue weighted by atomic mass is 9.43. The number of fused-ring (bicyclic) bond motifs is 5. The Labute approximate surface area is 200 Å². The van der Waals surface area contributed by atoms with Crippen LogP contribution in [-0.4, -0.2) is 31.2 Å². The van der Waals surface area contributed by atoms with Crippen LogP contribution in [0.15, 0.2) is 12.4 Å². The van der Waals surface area contributed by atoms with Gasteiger partial charge in [-0.15, -0.1) is 6.42 Å². The van der Waals surface area contributed by atoms with Crippen LogP contribution in [0.5, 0.6) is 0 Å². The molecule has 0 amide bonds. The summed E-state index contributed by atoms with van der Waals surface area (Å²) in [5.41, 5.74) is -0.232. The van der Waals surface area contributed by atoms with E-state index < -0.39 is 11.2 Å². The van der Waals surface area contributed by atoms with Gasteiger partial charge in [0, 0.05) is 6.20 Å². The molecule has 4 nitrogen and oxygen atoms in total. The smallest absolute Gasteiger partial charge is 0.0848 e. The van der Waals surface area contributed by atoms with E-state index in [2.05, 4.69) is 24.9 Å². The third-order valence-electron chi connectivity index (χ3n) is 11.0. The van der Waals surface area contributed by atoms with Crippen LogP contribution >= 0.6 is 0 Å². The molecule has 4 saturated carbocycles. The lowest BCUT2D eigenvalue weighted by Crippen LogP contribution is -2.58. The van der Waals surface area contributed by atoms with Gasteiger partial charge >= 0.3 is 0 Å². The van der Waals surface area contributed by atoms with Crippen molar-refractivity contribution in [3.05, 3.63) is 18.0 Å². The molecule has 4 fully saturated rings. The number of rotatable bonds is 4. The average Bonchev–Trinajstić information content (AvgIpc) is 3.24. The Bertz CT molecular complexity index is 900. The van der Waals surface area contributed by atoms with Gasteiger partial charge in [-0.1, -0.05) is 26.2 Å². The number of aromatic nitrogens is 2. The molecule has 0 saturated heterocycles. The van der Waals surface area contributed by atoms with Gasteiger partial charge in [0.05, 0.1) is 29.5 Å². The molecule has 4 aliphatic carbocycles. The molecule has 0 radical (unpaired) electrons. The second-order valence-corrected chi connectivity index (χ2v) is 12.7. The highest BCUT2D eigenvalue weighted by atomic mass is 16.3. The minimum atomic E-state index is -0.794. The minimum Gasteiger partial charge on any atom is -0.390 e. The molecule has 0 aliphatic heterocycles. The summed E-state index contributed by atoms with van der Waals surface area (Å²) in [7, 11) is 0. The van der Waals surface area contributed by atoms with E-state index in [9.17, 15) is 10.2 Å². The van der Waals surface area contributed by atoms with E-state index in [-0.39, 0.29) is 11.3 Å². The maximum absolute atomic E-state index is 11.8. The molecule has 1 aromatic heterocycles. The fraction of sp³-hybridized carbons (Fsp3) is 0.828. The summed E-state index contributed by atoms with van der Waals surface area (Å²) in [5.74, 6) is 6.82. The minimum absolute atomic E-state index is 0.191. The number of terminal acetylenes is 1. The van der Waals surface area contributed by atoms with Crippen molar-refractivity contribution in [3.8, 4) is 12.3 Å². The van der Waals surface area contributed by atoms with E-state index in [4.69, 9.17) is 6.42 Å². The predicted octanol–water partition coefficient (Wildman–Crippen LogP) is 5.42. The molecular weight excluding hydrogens is 408 g/mol. The molecule has 0 aromatic carbocycles. The van der Waals surface area contributed by atoms with Gasteiger partial charge in [-0.3, -0.25) is 4.68 Å². The van der Waals surface area contributed by atoms with Gasteiger partial charge in [-0.05, 0) is 112 Å². The first-order chi connectivity index (χ1) is 15.7. The Morgan fingerprint density at radius 1 is 1.15 bits per heavy atom. The molecule has 1 heterocycles. The van der Waals surface area contributed by atoms with Crippen LogP contribution in [0.25, 0.3) is 0 Å². The van der Waals surface area contributed by atoms with Crippen LogP contribution in [0.3, 0.4) is 0 Å². The van der Waals surface area contributed by atoms with Crippen LogP contribution < -0.4 is 0 Å². The van der Waals surface area contributed by atoms with Crippen molar-refractivity contribution in [1.82, 2.24) is 9.78 Å². The van der Waals surface area contributed by atoms with Gasteiger partial charge in [0.15, 0.2) is 0 Å². The van der Waals surface area contributed by atoms with E-state index >= 15 is 0 Å². The normalized spacial score (nSPS) is 44.6. The Morgan fingerprint density at radius 2 is 1.94 bits per heavy atom. The van der Waals surface area contributed by atoms with Gasteiger partial charge in [0.25, 0.3) is 0 Å². The van der Waals surface area contributed by atoms with Crippen LogP contribution in [0.1, 0.15) is 97.0 Å². The number of hydrogen-bond donors (Lipinski definition) is 2. The van der Waals surface area contributed by atoms with Crippen LogP contribution in [0, 0.1) is 53.3 Å². The van der Waals surface area contributed by atoms with Crippen molar-refractivity contribution in [3.63, 3.8) is 0 Å². The Kier molecular flexibility index (Phi) is 5.98. The molecule has 0 bridgehead atoms. The molecule has 1 aromatic rings. The van der Waals surface area contributed by atoms with Gasteiger partial charge in [0.1, 0.15) is 0 Å². The van der Waals surface area contributed by atoms with Crippen molar-refractivity contribution in [2.45, 2.75) is 109 Å². The molecule has 4 heteroatoms. The first kappa shape index (κ1) is 23.4. The number of hydrogen-bond acceptors (Lipinski definition) is 3. The second kappa shape index (κ2) is 8.42. The topological polar surface area (TPSA) is 58.3 Å². The van der Waals surface area contributed by atoms with E-state index in [1.807, 2.05) is 17.8 Å². The Balaban J connectivity index is 1.35. The molecule has 0 spiro atoms. The maximum Gasteiger partial charge on any atom is 0.0848 e. The summed E-state index contributed by atoms with van der Waals surface area (Å²) in [6, 6.07) is 0. The van der Waals surface area contributed by atoms with Gasteiger partial charge in [0.2, 0.25) is 0 Å². The quantitative estimate of drug-likeness (QED) is 0.600. The zero-order chi connectivity index (χ0) is 23.4. The van der Waals surface area contributed by atoms with Crippen LogP contribution in [-0.2, 0) is 6.54 Å². The van der Waals surface area contributed by atoms with Crippen molar-refractivity contribution in [1.29, 1.82) is 0 Å². The Hall–Kier alpha value is -1.31. The average molecular weight is 453 g/mol. The molecule has 4 aliphatic rings. The van der Waals surface area contributed by atoms with Crippen molar-refractivity contribution in [2.24, 2.45) is 40.9 Å². The predicted molar refractivity (Wildman–Crippen MR) is 131 cm³/mol. The van der Waals surface area contributed by atoms with E-state index in [0.29, 0.717) is 12.5 Å². The lowest BCUT2D eigenvalue weighted by Gasteiger charge is -2.62. The monoisotopic (exact) mass is 452 g/mol. The third kappa shape index (κ3) is 3.98. The molecule has 9 atom stereocenters. The summed E-state index contributed by atoms with van der Waals surface area (Å²) >= 11 is 0. The molecule has 0 unspecified atom stereocenters. The third-order valence-corrected chi connectivity index (χ3v) is 11.0. The highest BCUT2D eigenvalue weighted by molar-refractivity contribution is 5.26. The standard InChI is InChI=1S/C29H44N2O2/c1-5-20-17-30-31(18-20)19-28(4,32)26-9-7-8-25-24-11-10-21-16-29(33,6-2)15-13-22(21)23(24)12-14-27(25,26)3/h1,17-18,21-26,32-33H,6-16,19H2,2-4H3/t21-,22+,23-,24-,25+,26+,27+,28-,29-/m1/s1. The van der Waals surface area contributed by atoms with E-state index in [1.165, 1.54) is 44.9 Å². The molecule has 5 rings (SSSR count). The van der Waals surface area contributed by atoms with Crippen molar-refractivity contribution >= 4 is 0 Å². The summed E-state index contributed by atoms with van der Waals surface area (Å²) in [6.07, 6.45) is 22.1. The molecular formula is C29H44N2O2. The summed E-state index contributed by atoms with van der Waals surface area (Å²) in [4.78, 5) is 0. The molecule has 33 heavy (non-hydrogen) atoms. The van der Waals surface area contributed by atoms with Crippen LogP contribution in [0.4, 0.5) is 0 Å². The summed E-state index contributed by atoms with van der Waals surface area (Å²) < 4.78 is 1.84. The fourth-order valence-electron chi connectivity index (χ4n) is 9.46. The Morgan fingerprint density at radius 3 is 2.67 bits per heavy atom. The summed E-state index contributed by atoms with van der Waals surface area (Å²) in [6.45, 7) is 7.21. The number of aliphatic hydroxyl groups is 2. The lowest BCUT2D eigenvalue weighted by molar-refractivity contribution is -0.171. The second-order valence-electron chi connectivity index (χ2n) is 12.7. The molecule has 2 N–H and O–H groups in total. The first-order valence-corrected chi connectivity index (χ1v) is 13.6. The molecule has 182 valence electrons. The largest absolute Gasteiger partial charge is 0.390 e. The van der Waals surface area contributed by atoms with E-state index in [0.717, 1.165) is 54.9 Å². The number of nitrogens with zero attached hydrogens (tertiary/aromatic N) is 2. The van der Waals surface area contributed by atoms with Gasteiger partial charge in [-0.2, -0.15) is 5.10 Å². The van der Waals surface area contributed by atoms with Crippen LogP contribution in [0.2, 0.25) is 0 Å². The van der Waals surface area contributed by atoms with E-state index in [1.54, 1.807) is 6.20 Å². The zero-order valence-corrected chi connectivity index (χ0v) is 21.0. The van der Waals surface area contributed by atoms with Gasteiger partial charge in [-0.25, -0.2) is 0 Å².